The SMILES string of the molecule is CN(C)C1(c2cccs2)CCC(NC(=O)CCC(=O)N(CCC#N)CCC#N)CC1. The van der Waals surface area contributed by atoms with E-state index in [1.54, 1.807) is 11.3 Å². The molecule has 0 saturated heterocycles. The molecular formula is C22H31N5O2S. The second-order valence-corrected chi connectivity index (χ2v) is 8.89. The highest BCUT2D eigenvalue weighted by atomic mass is 32.1. The summed E-state index contributed by atoms with van der Waals surface area (Å²) in [6, 6.07) is 8.45. The van der Waals surface area contributed by atoms with Crippen LogP contribution in [0.1, 0.15) is 56.2 Å². The number of hydrogen-bond acceptors (Lipinski definition) is 6. The van der Waals surface area contributed by atoms with Crippen molar-refractivity contribution in [2.24, 2.45) is 0 Å². The van der Waals surface area contributed by atoms with E-state index in [1.807, 2.05) is 12.1 Å². The van der Waals surface area contributed by atoms with E-state index in [4.69, 9.17) is 10.5 Å². The van der Waals surface area contributed by atoms with Crippen LogP contribution in [0.15, 0.2) is 17.5 Å². The fourth-order valence-electron chi connectivity index (χ4n) is 4.11. The summed E-state index contributed by atoms with van der Waals surface area (Å²) in [6.45, 7) is 0.604. The minimum absolute atomic E-state index is 0.0351. The van der Waals surface area contributed by atoms with Crippen LogP contribution in [0.4, 0.5) is 0 Å². The Kier molecular flexibility index (Phi) is 9.29. The topological polar surface area (TPSA) is 100 Å². The molecule has 162 valence electrons. The van der Waals surface area contributed by atoms with Crippen molar-refractivity contribution in [3.63, 3.8) is 0 Å². The lowest BCUT2D eigenvalue weighted by molar-refractivity contribution is -0.133. The highest BCUT2D eigenvalue weighted by Gasteiger charge is 2.39. The molecule has 1 N–H and O–H groups in total. The van der Waals surface area contributed by atoms with Gasteiger partial charge < -0.3 is 10.2 Å². The lowest BCUT2D eigenvalue weighted by Crippen LogP contribution is -2.48. The number of thiophene rings is 1. The Morgan fingerprint density at radius 1 is 1.17 bits per heavy atom. The molecule has 1 aliphatic carbocycles. The van der Waals surface area contributed by atoms with Crippen LogP contribution in [0.3, 0.4) is 0 Å². The van der Waals surface area contributed by atoms with Gasteiger partial charge in [-0.3, -0.25) is 14.5 Å². The molecule has 2 rings (SSSR count). The van der Waals surface area contributed by atoms with Gasteiger partial charge in [0.25, 0.3) is 0 Å². The normalized spacial score (nSPS) is 20.9. The van der Waals surface area contributed by atoms with E-state index in [0.29, 0.717) is 13.1 Å². The molecule has 1 heterocycles. The summed E-state index contributed by atoms with van der Waals surface area (Å²) in [5, 5.41) is 22.7. The third-order valence-electron chi connectivity index (χ3n) is 5.92. The summed E-state index contributed by atoms with van der Waals surface area (Å²) in [5.41, 5.74) is 0.0351. The van der Waals surface area contributed by atoms with Gasteiger partial charge in [-0.1, -0.05) is 6.07 Å². The maximum Gasteiger partial charge on any atom is 0.223 e. The minimum Gasteiger partial charge on any atom is -0.353 e. The number of carbonyl (C=O) groups is 2. The van der Waals surface area contributed by atoms with E-state index < -0.39 is 0 Å². The first-order valence-corrected chi connectivity index (χ1v) is 11.3. The van der Waals surface area contributed by atoms with E-state index >= 15 is 0 Å². The number of hydrogen-bond donors (Lipinski definition) is 1. The van der Waals surface area contributed by atoms with Crippen LogP contribution in [0, 0.1) is 22.7 Å². The summed E-state index contributed by atoms with van der Waals surface area (Å²) in [6.07, 6.45) is 4.48. The van der Waals surface area contributed by atoms with Crippen LogP contribution < -0.4 is 5.32 Å². The van der Waals surface area contributed by atoms with Crippen molar-refractivity contribution in [3.8, 4) is 12.1 Å². The van der Waals surface area contributed by atoms with Crippen LogP contribution in [0.25, 0.3) is 0 Å². The predicted octanol–water partition coefficient (Wildman–Crippen LogP) is 3.00. The van der Waals surface area contributed by atoms with Gasteiger partial charge in [-0.2, -0.15) is 10.5 Å². The van der Waals surface area contributed by atoms with Gasteiger partial charge in [-0.25, -0.2) is 0 Å². The Balaban J connectivity index is 1.81. The van der Waals surface area contributed by atoms with Crippen molar-refractivity contribution in [2.75, 3.05) is 27.2 Å². The summed E-state index contributed by atoms with van der Waals surface area (Å²) in [5.74, 6) is -0.286. The van der Waals surface area contributed by atoms with E-state index in [9.17, 15) is 9.59 Å². The van der Waals surface area contributed by atoms with Gasteiger partial charge in [-0.15, -0.1) is 11.3 Å². The fourth-order valence-corrected chi connectivity index (χ4v) is 5.17. The van der Waals surface area contributed by atoms with Crippen molar-refractivity contribution in [3.05, 3.63) is 22.4 Å². The van der Waals surface area contributed by atoms with Crippen LogP contribution in [0.2, 0.25) is 0 Å². The molecular weight excluding hydrogens is 398 g/mol. The van der Waals surface area contributed by atoms with Gasteiger partial charge in [0.15, 0.2) is 0 Å². The smallest absolute Gasteiger partial charge is 0.223 e. The summed E-state index contributed by atoms with van der Waals surface area (Å²) in [4.78, 5) is 29.9. The summed E-state index contributed by atoms with van der Waals surface area (Å²) < 4.78 is 0. The van der Waals surface area contributed by atoms with E-state index in [2.05, 4.69) is 41.8 Å². The molecule has 1 aliphatic rings. The Bertz CT molecular complexity index is 752. The number of nitrogens with zero attached hydrogens (tertiary/aromatic N) is 4. The molecule has 30 heavy (non-hydrogen) atoms. The molecule has 0 aliphatic heterocycles. The van der Waals surface area contributed by atoms with Crippen LogP contribution in [0.5, 0.6) is 0 Å². The molecule has 0 spiro atoms. The molecule has 0 bridgehead atoms. The largest absolute Gasteiger partial charge is 0.353 e. The molecule has 1 fully saturated rings. The monoisotopic (exact) mass is 429 g/mol. The predicted molar refractivity (Wildman–Crippen MR) is 116 cm³/mol. The number of carbonyl (C=O) groups excluding carboxylic acids is 2. The van der Waals surface area contributed by atoms with Gasteiger partial charge in [0, 0.05) is 36.9 Å². The van der Waals surface area contributed by atoms with E-state index in [0.717, 1.165) is 25.7 Å². The minimum atomic E-state index is -0.177. The first kappa shape index (κ1) is 23.9. The maximum absolute atomic E-state index is 12.4. The standard InChI is InChI=1S/C22H31N5O2S/c1-26(2)22(19-6-3-17-30-19)11-9-18(10-12-22)25-20(28)7-8-21(29)27(15-4-13-23)16-5-14-24/h3,6,17-18H,4-5,7-12,15-16H2,1-2H3,(H,25,28). The number of nitriles is 2. The molecule has 1 aromatic rings. The summed E-state index contributed by atoms with van der Waals surface area (Å²) in [7, 11) is 4.24. The van der Waals surface area contributed by atoms with Crippen molar-refractivity contribution in [1.82, 2.24) is 15.1 Å². The molecule has 8 heteroatoms. The van der Waals surface area contributed by atoms with Crippen LogP contribution in [-0.2, 0) is 15.1 Å². The molecule has 2 amide bonds. The zero-order valence-electron chi connectivity index (χ0n) is 17.9. The van der Waals surface area contributed by atoms with Gasteiger partial charge >= 0.3 is 0 Å². The highest BCUT2D eigenvalue weighted by Crippen LogP contribution is 2.42. The summed E-state index contributed by atoms with van der Waals surface area (Å²) >= 11 is 1.79. The second-order valence-electron chi connectivity index (χ2n) is 7.94. The molecule has 0 aromatic carbocycles. The van der Waals surface area contributed by atoms with Crippen LogP contribution >= 0.6 is 11.3 Å². The van der Waals surface area contributed by atoms with Gasteiger partial charge in [0.05, 0.1) is 30.5 Å². The first-order chi connectivity index (χ1) is 14.4. The Morgan fingerprint density at radius 2 is 1.80 bits per heavy atom. The Morgan fingerprint density at radius 3 is 2.30 bits per heavy atom. The quantitative estimate of drug-likeness (QED) is 0.616. The van der Waals surface area contributed by atoms with E-state index in [1.165, 1.54) is 9.78 Å². The second kappa shape index (κ2) is 11.7. The van der Waals surface area contributed by atoms with Crippen molar-refractivity contribution >= 4 is 23.2 Å². The van der Waals surface area contributed by atoms with E-state index in [-0.39, 0.29) is 49.1 Å². The molecule has 0 atom stereocenters. The van der Waals surface area contributed by atoms with Gasteiger partial charge in [0.2, 0.25) is 11.8 Å². The third-order valence-corrected chi connectivity index (χ3v) is 6.98. The zero-order chi connectivity index (χ0) is 22.0. The molecule has 0 unspecified atom stereocenters. The lowest BCUT2D eigenvalue weighted by atomic mass is 9.77. The Hall–Kier alpha value is -2.42. The number of nitrogens with one attached hydrogen (secondary N) is 1. The zero-order valence-corrected chi connectivity index (χ0v) is 18.7. The fraction of sp³-hybridized carbons (Fsp3) is 0.636. The average molecular weight is 430 g/mol. The number of amides is 2. The van der Waals surface area contributed by atoms with Gasteiger partial charge in [-0.05, 0) is 51.2 Å². The van der Waals surface area contributed by atoms with Crippen molar-refractivity contribution in [2.45, 2.75) is 62.9 Å². The molecule has 1 saturated carbocycles. The average Bonchev–Trinajstić information content (AvgIpc) is 3.28. The molecule has 1 aromatic heterocycles. The molecule has 0 radical (unpaired) electrons. The number of rotatable bonds is 10. The Labute approximate surface area is 183 Å². The highest BCUT2D eigenvalue weighted by molar-refractivity contribution is 7.10. The first-order valence-electron chi connectivity index (χ1n) is 10.5. The maximum atomic E-state index is 12.4. The third kappa shape index (κ3) is 6.29. The van der Waals surface area contributed by atoms with Gasteiger partial charge in [0.1, 0.15) is 0 Å². The van der Waals surface area contributed by atoms with Crippen LogP contribution in [-0.4, -0.2) is 54.8 Å². The molecule has 7 nitrogen and oxygen atoms in total. The van der Waals surface area contributed by atoms with Crippen molar-refractivity contribution in [1.29, 1.82) is 10.5 Å². The van der Waals surface area contributed by atoms with Crippen molar-refractivity contribution < 1.29 is 9.59 Å². The lowest BCUT2D eigenvalue weighted by Gasteiger charge is -2.44.